The smallest absolute Gasteiger partial charge is 0.00201 e. The van der Waals surface area contributed by atoms with E-state index in [1.165, 1.54) is 121 Å². The van der Waals surface area contributed by atoms with E-state index in [1.807, 2.05) is 0 Å². The molecule has 0 bridgehead atoms. The van der Waals surface area contributed by atoms with E-state index in [2.05, 4.69) is 243 Å². The minimum Gasteiger partial charge on any atom is -0.0622 e. The van der Waals surface area contributed by atoms with Gasteiger partial charge in [0.25, 0.3) is 0 Å². The van der Waals surface area contributed by atoms with E-state index in [9.17, 15) is 0 Å². The van der Waals surface area contributed by atoms with Gasteiger partial charge in [-0.15, -0.1) is 0 Å². The molecule has 12 aromatic rings. The summed E-state index contributed by atoms with van der Waals surface area (Å²) in [5.41, 5.74) is 15.0. The normalized spacial score (nSPS) is 11.5. The monoisotopic (exact) mass is 784 g/mol. The van der Waals surface area contributed by atoms with Crippen LogP contribution in [0.2, 0.25) is 0 Å². The fourth-order valence-electron chi connectivity index (χ4n) is 10.2. The van der Waals surface area contributed by atoms with Gasteiger partial charge in [0, 0.05) is 0 Å². The molecule has 0 unspecified atom stereocenters. The fraction of sp³-hybridized carbons (Fsp3) is 0. The number of hydrogen-bond acceptors (Lipinski definition) is 0. The summed E-state index contributed by atoms with van der Waals surface area (Å²) in [4.78, 5) is 0. The Balaban J connectivity index is 1.03. The summed E-state index contributed by atoms with van der Waals surface area (Å²) < 4.78 is 0. The number of rotatable bonds is 6. The molecule has 0 nitrogen and oxygen atoms in total. The highest BCUT2D eigenvalue weighted by atomic mass is 14.2. The number of fused-ring (bicyclic) bond motifs is 5. The van der Waals surface area contributed by atoms with E-state index in [4.69, 9.17) is 0 Å². The van der Waals surface area contributed by atoms with Crippen molar-refractivity contribution >= 4 is 53.9 Å². The third kappa shape index (κ3) is 5.84. The lowest BCUT2D eigenvalue weighted by Crippen LogP contribution is -1.93. The third-order valence-electron chi connectivity index (χ3n) is 12.8. The molecule has 0 spiro atoms. The van der Waals surface area contributed by atoms with E-state index < -0.39 is 0 Å². The minimum absolute atomic E-state index is 1.22. The molecule has 0 saturated heterocycles. The molecule has 0 aromatic heterocycles. The summed E-state index contributed by atoms with van der Waals surface area (Å²) in [7, 11) is 0. The molecular formula is C62H40. The van der Waals surface area contributed by atoms with Crippen LogP contribution < -0.4 is 0 Å². The van der Waals surface area contributed by atoms with Gasteiger partial charge >= 0.3 is 0 Å². The van der Waals surface area contributed by atoms with Crippen molar-refractivity contribution in [1.82, 2.24) is 0 Å². The highest BCUT2D eigenvalue weighted by Crippen LogP contribution is 2.48. The second-order valence-corrected chi connectivity index (χ2v) is 16.3. The van der Waals surface area contributed by atoms with E-state index >= 15 is 0 Å². The Morgan fingerprint density at radius 3 is 0.742 bits per heavy atom. The molecule has 12 aromatic carbocycles. The van der Waals surface area contributed by atoms with Gasteiger partial charge in [0.15, 0.2) is 0 Å². The molecule has 0 aliphatic rings. The Hall–Kier alpha value is -8.06. The zero-order valence-corrected chi connectivity index (χ0v) is 34.1. The Labute approximate surface area is 361 Å². The lowest BCUT2D eigenvalue weighted by molar-refractivity contribution is 1.60. The second-order valence-electron chi connectivity index (χ2n) is 16.3. The first-order chi connectivity index (χ1) is 30.8. The van der Waals surface area contributed by atoms with Crippen molar-refractivity contribution < 1.29 is 0 Å². The largest absolute Gasteiger partial charge is 0.0622 e. The minimum atomic E-state index is 1.22. The third-order valence-corrected chi connectivity index (χ3v) is 12.8. The first-order valence-corrected chi connectivity index (χ1v) is 21.5. The van der Waals surface area contributed by atoms with Crippen molar-refractivity contribution in [3.63, 3.8) is 0 Å². The SMILES string of the molecule is c1ccc(-c2ccccc2-c2c3ccccc3c(-c3ccc4cc(-c5c6ccccc6c(-c6ccccc6-c6ccccc6)c6ccccc56)ccc4c3)c3ccccc23)cc1. The average Bonchev–Trinajstić information content (AvgIpc) is 3.35. The molecule has 0 amide bonds. The Morgan fingerprint density at radius 1 is 0.161 bits per heavy atom. The second kappa shape index (κ2) is 14.9. The highest BCUT2D eigenvalue weighted by Gasteiger charge is 2.21. The molecule has 12 rings (SSSR count). The fourth-order valence-corrected chi connectivity index (χ4v) is 10.2. The molecule has 0 atom stereocenters. The highest BCUT2D eigenvalue weighted by molar-refractivity contribution is 6.24. The van der Waals surface area contributed by atoms with Gasteiger partial charge in [0.05, 0.1) is 0 Å². The average molecular weight is 785 g/mol. The summed E-state index contributed by atoms with van der Waals surface area (Å²) in [5.74, 6) is 0. The van der Waals surface area contributed by atoms with Gasteiger partial charge in [-0.25, -0.2) is 0 Å². The van der Waals surface area contributed by atoms with E-state index in [1.54, 1.807) is 0 Å². The summed E-state index contributed by atoms with van der Waals surface area (Å²) >= 11 is 0. The lowest BCUT2D eigenvalue weighted by atomic mass is 9.83. The summed E-state index contributed by atoms with van der Waals surface area (Å²) in [6.45, 7) is 0. The first kappa shape index (κ1) is 35.8. The standard InChI is InChI=1S/C62H40/c1-3-19-41(20-4-1)47-23-7-9-25-49(47)61-55-31-15-11-27-51(55)59(52-28-12-16-32-56(52)61)45-37-35-44-40-46(38-36-43(44)39-45)60-53-29-13-17-33-57(53)62(58-34-18-14-30-54(58)60)50-26-10-8-24-48(50)42-21-5-2-6-22-42/h1-40H. The quantitative estimate of drug-likeness (QED) is 0.147. The van der Waals surface area contributed by atoms with Crippen molar-refractivity contribution in [1.29, 1.82) is 0 Å². The van der Waals surface area contributed by atoms with Crippen LogP contribution in [0.25, 0.3) is 121 Å². The summed E-state index contributed by atoms with van der Waals surface area (Å²) in [6, 6.07) is 89.2. The summed E-state index contributed by atoms with van der Waals surface area (Å²) in [5, 5.41) is 12.5. The van der Waals surface area contributed by atoms with Crippen molar-refractivity contribution in [2.75, 3.05) is 0 Å². The zero-order chi connectivity index (χ0) is 41.0. The topological polar surface area (TPSA) is 0 Å². The van der Waals surface area contributed by atoms with E-state index in [-0.39, 0.29) is 0 Å². The van der Waals surface area contributed by atoms with Crippen LogP contribution in [0, 0.1) is 0 Å². The van der Waals surface area contributed by atoms with Gasteiger partial charge in [0.1, 0.15) is 0 Å². The van der Waals surface area contributed by atoms with Gasteiger partial charge in [-0.1, -0.05) is 231 Å². The molecule has 0 N–H and O–H groups in total. The van der Waals surface area contributed by atoms with Crippen LogP contribution in [-0.4, -0.2) is 0 Å². The van der Waals surface area contributed by atoms with Crippen LogP contribution in [0.15, 0.2) is 243 Å². The molecule has 62 heavy (non-hydrogen) atoms. The van der Waals surface area contributed by atoms with Gasteiger partial charge in [0.2, 0.25) is 0 Å². The molecule has 0 heterocycles. The molecule has 0 saturated carbocycles. The molecular weight excluding hydrogens is 745 g/mol. The maximum Gasteiger partial charge on any atom is -0.00201 e. The predicted molar refractivity (Wildman–Crippen MR) is 267 cm³/mol. The van der Waals surface area contributed by atoms with Crippen LogP contribution in [0.5, 0.6) is 0 Å². The molecule has 288 valence electrons. The van der Waals surface area contributed by atoms with Gasteiger partial charge in [-0.05, 0) is 133 Å². The van der Waals surface area contributed by atoms with E-state index in [0.29, 0.717) is 0 Å². The first-order valence-electron chi connectivity index (χ1n) is 21.5. The van der Waals surface area contributed by atoms with Crippen LogP contribution >= 0.6 is 0 Å². The van der Waals surface area contributed by atoms with Gasteiger partial charge < -0.3 is 0 Å². The molecule has 0 fully saturated rings. The van der Waals surface area contributed by atoms with Crippen molar-refractivity contribution in [3.8, 4) is 66.8 Å². The van der Waals surface area contributed by atoms with E-state index in [0.717, 1.165) is 0 Å². The lowest BCUT2D eigenvalue weighted by Gasteiger charge is -2.20. The number of hydrogen-bond donors (Lipinski definition) is 0. The van der Waals surface area contributed by atoms with Gasteiger partial charge in [-0.2, -0.15) is 0 Å². The molecule has 0 aliphatic heterocycles. The molecule has 0 aliphatic carbocycles. The van der Waals surface area contributed by atoms with Crippen LogP contribution in [-0.2, 0) is 0 Å². The predicted octanol–water partition coefficient (Wildman–Crippen LogP) is 17.5. The van der Waals surface area contributed by atoms with Crippen molar-refractivity contribution in [2.24, 2.45) is 0 Å². The Bertz CT molecular complexity index is 3310. The van der Waals surface area contributed by atoms with Crippen molar-refractivity contribution in [3.05, 3.63) is 243 Å². The van der Waals surface area contributed by atoms with Crippen LogP contribution in [0.1, 0.15) is 0 Å². The Morgan fingerprint density at radius 2 is 0.419 bits per heavy atom. The maximum atomic E-state index is 2.39. The van der Waals surface area contributed by atoms with Gasteiger partial charge in [-0.3, -0.25) is 0 Å². The maximum absolute atomic E-state index is 2.39. The number of benzene rings is 12. The van der Waals surface area contributed by atoms with Crippen LogP contribution in [0.3, 0.4) is 0 Å². The van der Waals surface area contributed by atoms with Crippen molar-refractivity contribution in [2.45, 2.75) is 0 Å². The van der Waals surface area contributed by atoms with Crippen LogP contribution in [0.4, 0.5) is 0 Å². The zero-order valence-electron chi connectivity index (χ0n) is 34.1. The summed E-state index contributed by atoms with van der Waals surface area (Å²) in [6.07, 6.45) is 0. The Kier molecular flexibility index (Phi) is 8.61. The molecule has 0 radical (unpaired) electrons. The molecule has 0 heteroatoms.